The van der Waals surface area contributed by atoms with Crippen LogP contribution in [0.25, 0.3) is 5.76 Å². The summed E-state index contributed by atoms with van der Waals surface area (Å²) in [7, 11) is 0. The van der Waals surface area contributed by atoms with E-state index in [9.17, 15) is 14.7 Å². The Bertz CT molecular complexity index is 1500. The number of aliphatic hydroxyl groups is 1. The van der Waals surface area contributed by atoms with Gasteiger partial charge in [0.15, 0.2) is 0 Å². The predicted octanol–water partition coefficient (Wildman–Crippen LogP) is 6.96. The Morgan fingerprint density at radius 1 is 0.892 bits per heavy atom. The third-order valence-electron chi connectivity index (χ3n) is 6.33. The van der Waals surface area contributed by atoms with Crippen LogP contribution >= 0.6 is 15.9 Å². The third kappa shape index (κ3) is 4.93. The molecule has 0 aliphatic carbocycles. The first-order valence-electron chi connectivity index (χ1n) is 11.8. The number of carbonyl (C=O) groups excluding carboxylic acids is 2. The molecule has 1 aliphatic rings. The third-order valence-corrected chi connectivity index (χ3v) is 7.22. The molecule has 6 heteroatoms. The molecule has 184 valence electrons. The van der Waals surface area contributed by atoms with Crippen molar-refractivity contribution in [2.75, 3.05) is 4.90 Å². The first-order chi connectivity index (χ1) is 17.9. The molecule has 1 saturated heterocycles. The lowest BCUT2D eigenvalue weighted by atomic mass is 9.94. The van der Waals surface area contributed by atoms with Crippen LogP contribution in [0.5, 0.6) is 5.75 Å². The van der Waals surface area contributed by atoms with Crippen LogP contribution in [0.4, 0.5) is 5.69 Å². The summed E-state index contributed by atoms with van der Waals surface area (Å²) < 4.78 is 6.91. The quantitative estimate of drug-likeness (QED) is 0.159. The number of aryl methyl sites for hydroxylation is 1. The number of aliphatic hydroxyl groups excluding tert-OH is 1. The molecule has 0 saturated carbocycles. The van der Waals surface area contributed by atoms with Gasteiger partial charge in [-0.1, -0.05) is 82.7 Å². The highest BCUT2D eigenvalue weighted by Gasteiger charge is 2.47. The van der Waals surface area contributed by atoms with E-state index in [-0.39, 0.29) is 11.3 Å². The minimum Gasteiger partial charge on any atom is -0.507 e. The Labute approximate surface area is 223 Å². The van der Waals surface area contributed by atoms with E-state index >= 15 is 0 Å². The number of nitrogens with zero attached hydrogens (tertiary/aromatic N) is 1. The molecule has 5 nitrogen and oxygen atoms in total. The highest BCUT2D eigenvalue weighted by atomic mass is 79.9. The van der Waals surface area contributed by atoms with E-state index < -0.39 is 17.7 Å². The highest BCUT2D eigenvalue weighted by Crippen LogP contribution is 2.43. The number of hydrogen-bond donors (Lipinski definition) is 1. The highest BCUT2D eigenvalue weighted by molar-refractivity contribution is 9.10. The summed E-state index contributed by atoms with van der Waals surface area (Å²) in [4.78, 5) is 28.2. The molecular formula is C31H24BrNO4. The van der Waals surface area contributed by atoms with Crippen LogP contribution in [-0.4, -0.2) is 16.8 Å². The molecule has 0 radical (unpaired) electrons. The van der Waals surface area contributed by atoms with Gasteiger partial charge in [0.25, 0.3) is 11.7 Å². The van der Waals surface area contributed by atoms with Crippen molar-refractivity contribution in [3.8, 4) is 5.75 Å². The Morgan fingerprint density at radius 2 is 1.59 bits per heavy atom. The van der Waals surface area contributed by atoms with E-state index in [1.54, 1.807) is 24.3 Å². The summed E-state index contributed by atoms with van der Waals surface area (Å²) in [5.74, 6) is -1.04. The molecule has 1 heterocycles. The predicted molar refractivity (Wildman–Crippen MR) is 147 cm³/mol. The lowest BCUT2D eigenvalue weighted by Gasteiger charge is -2.25. The van der Waals surface area contributed by atoms with Crippen molar-refractivity contribution in [1.29, 1.82) is 0 Å². The second kappa shape index (κ2) is 10.4. The molecule has 4 aromatic carbocycles. The summed E-state index contributed by atoms with van der Waals surface area (Å²) in [6, 6.07) is 30.6. The molecule has 1 atom stereocenters. The Hall–Kier alpha value is -4.16. The van der Waals surface area contributed by atoms with Gasteiger partial charge in [-0.2, -0.15) is 0 Å². The molecule has 1 amide bonds. The molecule has 37 heavy (non-hydrogen) atoms. The fraction of sp³-hybridized carbons (Fsp3) is 0.0968. The first-order valence-corrected chi connectivity index (χ1v) is 12.6. The Morgan fingerprint density at radius 3 is 2.30 bits per heavy atom. The smallest absolute Gasteiger partial charge is 0.300 e. The molecule has 5 rings (SSSR count). The van der Waals surface area contributed by atoms with Crippen molar-refractivity contribution < 1.29 is 19.4 Å². The number of halogens is 1. The van der Waals surface area contributed by atoms with E-state index in [0.29, 0.717) is 29.2 Å². The number of Topliss-reactive ketones (excluding diaryl/α,β-unsaturated/α-hetero) is 1. The van der Waals surface area contributed by atoms with Crippen molar-refractivity contribution in [2.45, 2.75) is 19.6 Å². The molecule has 1 aliphatic heterocycles. The van der Waals surface area contributed by atoms with Crippen LogP contribution in [0.3, 0.4) is 0 Å². The fourth-order valence-corrected chi connectivity index (χ4v) is 4.71. The molecular weight excluding hydrogens is 530 g/mol. The zero-order valence-corrected chi connectivity index (χ0v) is 21.7. The molecule has 0 bridgehead atoms. The van der Waals surface area contributed by atoms with Gasteiger partial charge in [-0.25, -0.2) is 0 Å². The number of anilines is 1. The van der Waals surface area contributed by atoms with Crippen molar-refractivity contribution >= 4 is 39.1 Å². The maximum absolute atomic E-state index is 13.4. The van der Waals surface area contributed by atoms with Crippen molar-refractivity contribution in [3.63, 3.8) is 0 Å². The minimum atomic E-state index is -0.827. The zero-order valence-electron chi connectivity index (χ0n) is 20.1. The number of para-hydroxylation sites is 1. The second-order valence-electron chi connectivity index (χ2n) is 8.82. The number of rotatable bonds is 6. The number of hydrogen-bond acceptors (Lipinski definition) is 4. The van der Waals surface area contributed by atoms with E-state index in [4.69, 9.17) is 4.74 Å². The molecule has 1 N–H and O–H groups in total. The van der Waals surface area contributed by atoms with Crippen molar-refractivity contribution in [3.05, 3.63) is 135 Å². The summed E-state index contributed by atoms with van der Waals surface area (Å²) in [6.45, 7) is 2.27. The molecule has 0 spiro atoms. The molecule has 0 aromatic heterocycles. The van der Waals surface area contributed by atoms with Gasteiger partial charge in [0.1, 0.15) is 18.1 Å². The maximum Gasteiger partial charge on any atom is 0.300 e. The van der Waals surface area contributed by atoms with E-state index in [1.165, 1.54) is 4.90 Å². The Balaban J connectivity index is 1.61. The van der Waals surface area contributed by atoms with Crippen molar-refractivity contribution in [1.82, 2.24) is 0 Å². The summed E-state index contributed by atoms with van der Waals surface area (Å²) in [5.41, 5.74) is 3.65. The standard InChI is InChI=1S/C31H24BrNO4/c1-20-17-23(15-16-26(20)32)29(34)27-28(33(31(36)30(27)35)24-12-6-3-7-13-24)22-11-8-14-25(18-22)37-19-21-9-4-2-5-10-21/h2-18,28,34H,19H2,1H3/b29-27-. The number of benzene rings is 4. The molecule has 1 fully saturated rings. The topological polar surface area (TPSA) is 66.8 Å². The monoisotopic (exact) mass is 553 g/mol. The lowest BCUT2D eigenvalue weighted by molar-refractivity contribution is -0.132. The fourth-order valence-electron chi connectivity index (χ4n) is 4.47. The van der Waals surface area contributed by atoms with Crippen LogP contribution < -0.4 is 9.64 Å². The Kier molecular flexibility index (Phi) is 6.93. The van der Waals surface area contributed by atoms with Gasteiger partial charge in [0.05, 0.1) is 11.6 Å². The van der Waals surface area contributed by atoms with Crippen LogP contribution in [0.15, 0.2) is 113 Å². The first kappa shape index (κ1) is 24.5. The van der Waals surface area contributed by atoms with E-state index in [0.717, 1.165) is 15.6 Å². The van der Waals surface area contributed by atoms with Gasteiger partial charge in [-0.05, 0) is 60.0 Å². The largest absolute Gasteiger partial charge is 0.507 e. The summed E-state index contributed by atoms with van der Waals surface area (Å²) in [5, 5.41) is 11.4. The van der Waals surface area contributed by atoms with Gasteiger partial charge in [0, 0.05) is 15.7 Å². The summed E-state index contributed by atoms with van der Waals surface area (Å²) in [6.07, 6.45) is 0. The van der Waals surface area contributed by atoms with Crippen molar-refractivity contribution in [2.24, 2.45) is 0 Å². The van der Waals surface area contributed by atoms with Crippen LogP contribution in [-0.2, 0) is 16.2 Å². The van der Waals surface area contributed by atoms with Gasteiger partial charge in [-0.15, -0.1) is 0 Å². The normalized spacial score (nSPS) is 16.7. The van der Waals surface area contributed by atoms with Crippen LogP contribution in [0, 0.1) is 6.92 Å². The maximum atomic E-state index is 13.4. The summed E-state index contributed by atoms with van der Waals surface area (Å²) >= 11 is 3.47. The van der Waals surface area contributed by atoms with Gasteiger partial charge < -0.3 is 9.84 Å². The molecule has 1 unspecified atom stereocenters. The SMILES string of the molecule is Cc1cc(/C(O)=C2/C(=O)C(=O)N(c3ccccc3)C2c2cccc(OCc3ccccc3)c2)ccc1Br. The van der Waals surface area contributed by atoms with Gasteiger partial charge >= 0.3 is 0 Å². The number of carbonyl (C=O) groups is 2. The average Bonchev–Trinajstić information content (AvgIpc) is 3.20. The van der Waals surface area contributed by atoms with E-state index in [2.05, 4.69) is 15.9 Å². The number of amides is 1. The van der Waals surface area contributed by atoms with Gasteiger partial charge in [0.2, 0.25) is 0 Å². The minimum absolute atomic E-state index is 0.0378. The van der Waals surface area contributed by atoms with Crippen LogP contribution in [0.1, 0.15) is 28.3 Å². The lowest BCUT2D eigenvalue weighted by Crippen LogP contribution is -2.29. The average molecular weight is 554 g/mol. The number of ketones is 1. The zero-order chi connectivity index (χ0) is 25.9. The van der Waals surface area contributed by atoms with E-state index in [1.807, 2.05) is 85.8 Å². The second-order valence-corrected chi connectivity index (χ2v) is 9.67. The van der Waals surface area contributed by atoms with Gasteiger partial charge in [-0.3, -0.25) is 14.5 Å². The van der Waals surface area contributed by atoms with Crippen LogP contribution in [0.2, 0.25) is 0 Å². The molecule has 4 aromatic rings. The number of ether oxygens (including phenoxy) is 1.